The standard InChI is InChI=1S/C13H18N2S/c1-13(11-14,15-2)8-9-16-10-12-6-4-3-5-7-12/h3-7,15H,8-10H2,1-2H3. The summed E-state index contributed by atoms with van der Waals surface area (Å²) in [6, 6.07) is 12.7. The Morgan fingerprint density at radius 3 is 2.62 bits per heavy atom. The van der Waals surface area contributed by atoms with E-state index in [0.717, 1.165) is 17.9 Å². The first-order valence-corrected chi connectivity index (χ1v) is 6.57. The first-order valence-electron chi connectivity index (χ1n) is 5.42. The predicted molar refractivity (Wildman–Crippen MR) is 70.3 cm³/mol. The van der Waals surface area contributed by atoms with Crippen LogP contribution in [-0.2, 0) is 5.75 Å². The lowest BCUT2D eigenvalue weighted by Crippen LogP contribution is -2.38. The number of nitriles is 1. The SMILES string of the molecule is CNC(C)(C#N)CCSCc1ccccc1. The third kappa shape index (κ3) is 4.26. The Labute approximate surface area is 102 Å². The Morgan fingerprint density at radius 1 is 1.38 bits per heavy atom. The molecule has 0 saturated heterocycles. The van der Waals surface area contributed by atoms with Crippen molar-refractivity contribution >= 4 is 11.8 Å². The molecule has 0 fully saturated rings. The molecule has 0 bridgehead atoms. The van der Waals surface area contributed by atoms with Gasteiger partial charge in [-0.3, -0.25) is 0 Å². The molecule has 1 unspecified atom stereocenters. The highest BCUT2D eigenvalue weighted by molar-refractivity contribution is 7.98. The maximum absolute atomic E-state index is 8.98. The zero-order chi connectivity index (χ0) is 11.9. The van der Waals surface area contributed by atoms with Gasteiger partial charge in [0.2, 0.25) is 0 Å². The smallest absolute Gasteiger partial charge is 0.104 e. The van der Waals surface area contributed by atoms with Crippen molar-refractivity contribution in [1.82, 2.24) is 5.32 Å². The van der Waals surface area contributed by atoms with Gasteiger partial charge in [0, 0.05) is 5.75 Å². The Balaban J connectivity index is 2.25. The van der Waals surface area contributed by atoms with E-state index in [-0.39, 0.29) is 5.54 Å². The molecule has 0 aliphatic carbocycles. The summed E-state index contributed by atoms with van der Waals surface area (Å²) in [5.74, 6) is 2.02. The van der Waals surface area contributed by atoms with Crippen LogP contribution in [-0.4, -0.2) is 18.3 Å². The molecule has 0 spiro atoms. The minimum Gasteiger partial charge on any atom is -0.303 e. The van der Waals surface area contributed by atoms with Crippen LogP contribution in [0.25, 0.3) is 0 Å². The lowest BCUT2D eigenvalue weighted by molar-refractivity contribution is 0.479. The van der Waals surface area contributed by atoms with Gasteiger partial charge in [0.25, 0.3) is 0 Å². The molecule has 1 N–H and O–H groups in total. The second-order valence-corrected chi connectivity index (χ2v) is 5.09. The number of nitrogens with zero attached hydrogens (tertiary/aromatic N) is 1. The largest absolute Gasteiger partial charge is 0.303 e. The normalized spacial score (nSPS) is 14.1. The van der Waals surface area contributed by atoms with E-state index in [1.807, 2.05) is 31.8 Å². The summed E-state index contributed by atoms with van der Waals surface area (Å²) < 4.78 is 0. The Hall–Kier alpha value is -0.980. The summed E-state index contributed by atoms with van der Waals surface area (Å²) in [5.41, 5.74) is 0.958. The second-order valence-electron chi connectivity index (χ2n) is 3.98. The van der Waals surface area contributed by atoms with Gasteiger partial charge in [-0.2, -0.15) is 17.0 Å². The monoisotopic (exact) mass is 234 g/mol. The zero-order valence-electron chi connectivity index (χ0n) is 9.86. The van der Waals surface area contributed by atoms with E-state index in [0.29, 0.717) is 0 Å². The summed E-state index contributed by atoms with van der Waals surface area (Å²) in [7, 11) is 1.84. The Bertz CT molecular complexity index is 345. The number of rotatable bonds is 6. The topological polar surface area (TPSA) is 35.8 Å². The van der Waals surface area contributed by atoms with Crippen LogP contribution in [0.5, 0.6) is 0 Å². The van der Waals surface area contributed by atoms with Crippen molar-refractivity contribution in [2.45, 2.75) is 24.6 Å². The van der Waals surface area contributed by atoms with Crippen LogP contribution >= 0.6 is 11.8 Å². The van der Waals surface area contributed by atoms with Crippen molar-refractivity contribution in [3.63, 3.8) is 0 Å². The molecule has 1 rings (SSSR count). The number of benzene rings is 1. The van der Waals surface area contributed by atoms with Gasteiger partial charge in [0.15, 0.2) is 0 Å². The molecule has 0 radical (unpaired) electrons. The van der Waals surface area contributed by atoms with Crippen molar-refractivity contribution in [2.24, 2.45) is 0 Å². The van der Waals surface area contributed by atoms with Gasteiger partial charge < -0.3 is 5.32 Å². The van der Waals surface area contributed by atoms with E-state index in [4.69, 9.17) is 5.26 Å². The molecule has 1 aromatic rings. The lowest BCUT2D eigenvalue weighted by atomic mass is 10.0. The first-order chi connectivity index (χ1) is 7.70. The molecule has 2 nitrogen and oxygen atoms in total. The minimum absolute atomic E-state index is 0.385. The molecule has 0 aromatic heterocycles. The zero-order valence-corrected chi connectivity index (χ0v) is 10.7. The molecule has 3 heteroatoms. The molecule has 0 amide bonds. The van der Waals surface area contributed by atoms with Gasteiger partial charge in [-0.25, -0.2) is 0 Å². The average Bonchev–Trinajstić information content (AvgIpc) is 2.36. The molecular formula is C13H18N2S. The van der Waals surface area contributed by atoms with E-state index in [9.17, 15) is 0 Å². The van der Waals surface area contributed by atoms with Crippen LogP contribution < -0.4 is 5.32 Å². The number of thioether (sulfide) groups is 1. The van der Waals surface area contributed by atoms with Crippen LogP contribution in [0.3, 0.4) is 0 Å². The molecule has 1 atom stereocenters. The predicted octanol–water partition coefficient (Wildman–Crippen LogP) is 2.81. The number of hydrogen-bond acceptors (Lipinski definition) is 3. The van der Waals surface area contributed by atoms with E-state index in [2.05, 4.69) is 35.7 Å². The lowest BCUT2D eigenvalue weighted by Gasteiger charge is -2.19. The number of hydrogen-bond donors (Lipinski definition) is 1. The van der Waals surface area contributed by atoms with Gasteiger partial charge in [-0.05, 0) is 31.7 Å². The fourth-order valence-electron chi connectivity index (χ4n) is 1.28. The van der Waals surface area contributed by atoms with Crippen molar-refractivity contribution in [1.29, 1.82) is 5.26 Å². The maximum atomic E-state index is 8.98. The summed E-state index contributed by atoms with van der Waals surface area (Å²) in [4.78, 5) is 0. The van der Waals surface area contributed by atoms with Crippen LogP contribution in [0, 0.1) is 11.3 Å². The molecule has 0 saturated carbocycles. The maximum Gasteiger partial charge on any atom is 0.104 e. The van der Waals surface area contributed by atoms with Gasteiger partial charge in [0.1, 0.15) is 5.54 Å². The highest BCUT2D eigenvalue weighted by Crippen LogP contribution is 2.17. The first kappa shape index (κ1) is 13.1. The summed E-state index contributed by atoms with van der Waals surface area (Å²) >= 11 is 1.87. The van der Waals surface area contributed by atoms with Crippen LogP contribution in [0.4, 0.5) is 0 Å². The van der Waals surface area contributed by atoms with Crippen molar-refractivity contribution in [2.75, 3.05) is 12.8 Å². The van der Waals surface area contributed by atoms with Crippen molar-refractivity contribution in [3.8, 4) is 6.07 Å². The van der Waals surface area contributed by atoms with Gasteiger partial charge in [-0.15, -0.1) is 0 Å². The highest BCUT2D eigenvalue weighted by atomic mass is 32.2. The van der Waals surface area contributed by atoms with Gasteiger partial charge in [0.05, 0.1) is 6.07 Å². The Morgan fingerprint density at radius 2 is 2.06 bits per heavy atom. The van der Waals surface area contributed by atoms with Crippen molar-refractivity contribution in [3.05, 3.63) is 35.9 Å². The van der Waals surface area contributed by atoms with Crippen LogP contribution in [0.2, 0.25) is 0 Å². The molecule has 0 heterocycles. The third-order valence-corrected chi connectivity index (χ3v) is 3.69. The number of nitrogens with one attached hydrogen (secondary N) is 1. The highest BCUT2D eigenvalue weighted by Gasteiger charge is 2.19. The van der Waals surface area contributed by atoms with Gasteiger partial charge >= 0.3 is 0 Å². The van der Waals surface area contributed by atoms with Crippen LogP contribution in [0.1, 0.15) is 18.9 Å². The van der Waals surface area contributed by atoms with E-state index in [1.165, 1.54) is 5.56 Å². The second kappa shape index (κ2) is 6.57. The Kier molecular flexibility index (Phi) is 5.37. The molecule has 0 aliphatic rings. The molecule has 0 aliphatic heterocycles. The molecule has 86 valence electrons. The summed E-state index contributed by atoms with van der Waals surface area (Å²) in [5, 5.41) is 12.0. The van der Waals surface area contributed by atoms with Crippen LogP contribution in [0.15, 0.2) is 30.3 Å². The molecular weight excluding hydrogens is 216 g/mol. The third-order valence-electron chi connectivity index (χ3n) is 2.66. The quantitative estimate of drug-likeness (QED) is 0.769. The fourth-order valence-corrected chi connectivity index (χ4v) is 2.40. The summed E-state index contributed by atoms with van der Waals surface area (Å²) in [6.07, 6.45) is 0.873. The summed E-state index contributed by atoms with van der Waals surface area (Å²) in [6.45, 7) is 1.94. The van der Waals surface area contributed by atoms with E-state index in [1.54, 1.807) is 0 Å². The minimum atomic E-state index is -0.385. The van der Waals surface area contributed by atoms with E-state index < -0.39 is 0 Å². The molecule has 16 heavy (non-hydrogen) atoms. The van der Waals surface area contributed by atoms with E-state index >= 15 is 0 Å². The fraction of sp³-hybridized carbons (Fsp3) is 0.462. The van der Waals surface area contributed by atoms with Gasteiger partial charge in [-0.1, -0.05) is 30.3 Å². The average molecular weight is 234 g/mol. The molecule has 1 aromatic carbocycles. The van der Waals surface area contributed by atoms with Crippen molar-refractivity contribution < 1.29 is 0 Å².